The first-order chi connectivity index (χ1) is 10.5. The van der Waals surface area contributed by atoms with Crippen LogP contribution in [0.1, 0.15) is 29.8 Å². The zero-order valence-electron chi connectivity index (χ0n) is 12.7. The Balaban J connectivity index is 2.03. The van der Waals surface area contributed by atoms with E-state index in [0.717, 1.165) is 5.56 Å². The van der Waals surface area contributed by atoms with Crippen LogP contribution in [0.25, 0.3) is 6.08 Å². The molecule has 0 aromatic heterocycles. The van der Waals surface area contributed by atoms with E-state index < -0.39 is 11.6 Å². The average Bonchev–Trinajstić information content (AvgIpc) is 2.53. The van der Waals surface area contributed by atoms with Crippen molar-refractivity contribution in [2.75, 3.05) is 0 Å². The van der Waals surface area contributed by atoms with Gasteiger partial charge in [0.2, 0.25) is 5.78 Å². The van der Waals surface area contributed by atoms with Gasteiger partial charge >= 0.3 is 5.97 Å². The molecular formula is C19H18O3. The van der Waals surface area contributed by atoms with Gasteiger partial charge in [0.25, 0.3) is 0 Å². The summed E-state index contributed by atoms with van der Waals surface area (Å²) in [7, 11) is 0. The molecule has 2 rings (SSSR count). The highest BCUT2D eigenvalue weighted by atomic mass is 16.6. The van der Waals surface area contributed by atoms with Crippen LogP contribution in [0, 0.1) is 0 Å². The molecule has 3 nitrogen and oxygen atoms in total. The topological polar surface area (TPSA) is 43.4 Å². The van der Waals surface area contributed by atoms with E-state index in [1.807, 2.05) is 36.4 Å². The van der Waals surface area contributed by atoms with E-state index in [-0.39, 0.29) is 5.78 Å². The maximum atomic E-state index is 12.4. The van der Waals surface area contributed by atoms with Crippen LogP contribution >= 0.6 is 0 Å². The molecule has 0 saturated carbocycles. The summed E-state index contributed by atoms with van der Waals surface area (Å²) >= 11 is 0. The SMILES string of the molecule is CC(C)(OC(=O)C=Cc1ccccc1)C(=O)c1ccccc1. The van der Waals surface area contributed by atoms with Crippen LogP contribution in [0.5, 0.6) is 0 Å². The van der Waals surface area contributed by atoms with Crippen molar-refractivity contribution in [1.29, 1.82) is 0 Å². The average molecular weight is 294 g/mol. The lowest BCUT2D eigenvalue weighted by Gasteiger charge is -2.22. The summed E-state index contributed by atoms with van der Waals surface area (Å²) < 4.78 is 5.30. The van der Waals surface area contributed by atoms with Crippen molar-refractivity contribution < 1.29 is 14.3 Å². The second-order valence-electron chi connectivity index (χ2n) is 5.37. The van der Waals surface area contributed by atoms with Gasteiger partial charge in [-0.15, -0.1) is 0 Å². The molecule has 2 aromatic rings. The van der Waals surface area contributed by atoms with E-state index in [2.05, 4.69) is 0 Å². The number of carbonyl (C=O) groups is 2. The molecule has 0 fully saturated rings. The third kappa shape index (κ3) is 4.16. The van der Waals surface area contributed by atoms with Gasteiger partial charge in [0.05, 0.1) is 0 Å². The smallest absolute Gasteiger partial charge is 0.331 e. The van der Waals surface area contributed by atoms with E-state index >= 15 is 0 Å². The number of carbonyl (C=O) groups excluding carboxylic acids is 2. The number of ketones is 1. The molecule has 0 bridgehead atoms. The molecular weight excluding hydrogens is 276 g/mol. The Labute approximate surface area is 130 Å². The maximum absolute atomic E-state index is 12.4. The second-order valence-corrected chi connectivity index (χ2v) is 5.37. The molecule has 0 saturated heterocycles. The highest BCUT2D eigenvalue weighted by Gasteiger charge is 2.32. The minimum Gasteiger partial charge on any atom is -0.448 e. The van der Waals surface area contributed by atoms with Gasteiger partial charge in [0, 0.05) is 11.6 Å². The van der Waals surface area contributed by atoms with Crippen LogP contribution in [0.3, 0.4) is 0 Å². The Morgan fingerprint density at radius 3 is 2.05 bits per heavy atom. The van der Waals surface area contributed by atoms with Crippen molar-refractivity contribution in [3.63, 3.8) is 0 Å². The summed E-state index contributed by atoms with van der Waals surface area (Å²) in [5.74, 6) is -0.771. The molecule has 2 aromatic carbocycles. The molecule has 3 heteroatoms. The first kappa shape index (κ1) is 15.7. The summed E-state index contributed by atoms with van der Waals surface area (Å²) in [6.07, 6.45) is 2.99. The largest absolute Gasteiger partial charge is 0.448 e. The fourth-order valence-electron chi connectivity index (χ4n) is 2.00. The minimum atomic E-state index is -1.21. The number of rotatable bonds is 5. The van der Waals surface area contributed by atoms with Gasteiger partial charge < -0.3 is 4.74 Å². The summed E-state index contributed by atoms with van der Waals surface area (Å²) in [5.41, 5.74) is 0.207. The van der Waals surface area contributed by atoms with Crippen molar-refractivity contribution in [3.8, 4) is 0 Å². The van der Waals surface area contributed by atoms with Gasteiger partial charge in [0.15, 0.2) is 5.60 Å². The summed E-state index contributed by atoms with van der Waals surface area (Å²) in [5, 5.41) is 0. The molecule has 0 aliphatic carbocycles. The summed E-state index contributed by atoms with van der Waals surface area (Å²) in [6.45, 7) is 3.19. The molecule has 0 unspecified atom stereocenters. The van der Waals surface area contributed by atoms with Crippen molar-refractivity contribution in [2.45, 2.75) is 19.4 Å². The van der Waals surface area contributed by atoms with Crippen molar-refractivity contribution >= 4 is 17.8 Å². The van der Waals surface area contributed by atoms with Crippen LogP contribution in [-0.2, 0) is 9.53 Å². The van der Waals surface area contributed by atoms with Crippen molar-refractivity contribution in [1.82, 2.24) is 0 Å². The van der Waals surface area contributed by atoms with E-state index in [4.69, 9.17) is 4.74 Å². The number of benzene rings is 2. The van der Waals surface area contributed by atoms with Gasteiger partial charge in [-0.25, -0.2) is 4.79 Å². The zero-order valence-corrected chi connectivity index (χ0v) is 12.7. The van der Waals surface area contributed by atoms with Crippen molar-refractivity contribution in [2.24, 2.45) is 0 Å². The van der Waals surface area contributed by atoms with E-state index in [0.29, 0.717) is 5.56 Å². The molecule has 0 atom stereocenters. The number of esters is 1. The Kier molecular flexibility index (Phi) is 4.89. The highest BCUT2D eigenvalue weighted by Crippen LogP contribution is 2.18. The maximum Gasteiger partial charge on any atom is 0.331 e. The first-order valence-corrected chi connectivity index (χ1v) is 7.05. The number of hydrogen-bond acceptors (Lipinski definition) is 3. The quantitative estimate of drug-likeness (QED) is 0.477. The number of hydrogen-bond donors (Lipinski definition) is 0. The first-order valence-electron chi connectivity index (χ1n) is 7.05. The minimum absolute atomic E-state index is 0.227. The summed E-state index contributed by atoms with van der Waals surface area (Å²) in [6, 6.07) is 18.2. The lowest BCUT2D eigenvalue weighted by Crippen LogP contribution is -2.36. The normalized spacial score (nSPS) is 11.4. The van der Waals surface area contributed by atoms with Crippen molar-refractivity contribution in [3.05, 3.63) is 77.9 Å². The molecule has 0 heterocycles. The third-order valence-electron chi connectivity index (χ3n) is 3.15. The molecule has 22 heavy (non-hydrogen) atoms. The molecule has 0 spiro atoms. The van der Waals surface area contributed by atoms with Gasteiger partial charge in [-0.05, 0) is 25.5 Å². The van der Waals surface area contributed by atoms with E-state index in [9.17, 15) is 9.59 Å². The number of ether oxygens (including phenoxy) is 1. The van der Waals surface area contributed by atoms with E-state index in [1.54, 1.807) is 44.2 Å². The second kappa shape index (κ2) is 6.85. The Hall–Kier alpha value is -2.68. The predicted molar refractivity (Wildman–Crippen MR) is 86.4 cm³/mol. The molecule has 0 aliphatic rings. The fraction of sp³-hybridized carbons (Fsp3) is 0.158. The Morgan fingerprint density at radius 1 is 0.909 bits per heavy atom. The van der Waals surface area contributed by atoms with Crippen LogP contribution in [0.2, 0.25) is 0 Å². The van der Waals surface area contributed by atoms with E-state index in [1.165, 1.54) is 6.08 Å². The van der Waals surface area contributed by atoms with Crippen LogP contribution < -0.4 is 0 Å². The highest BCUT2D eigenvalue weighted by molar-refractivity contribution is 6.03. The lowest BCUT2D eigenvalue weighted by molar-refractivity contribution is -0.146. The van der Waals surface area contributed by atoms with Gasteiger partial charge in [-0.3, -0.25) is 4.79 Å². The molecule has 0 amide bonds. The standard InChI is InChI=1S/C19H18O3/c1-19(2,18(21)16-11-7-4-8-12-16)22-17(20)14-13-15-9-5-3-6-10-15/h3-14H,1-2H3. The molecule has 0 N–H and O–H groups in total. The van der Waals surface area contributed by atoms with Gasteiger partial charge in [0.1, 0.15) is 0 Å². The third-order valence-corrected chi connectivity index (χ3v) is 3.15. The fourth-order valence-corrected chi connectivity index (χ4v) is 2.00. The molecule has 112 valence electrons. The van der Waals surface area contributed by atoms with Gasteiger partial charge in [-0.1, -0.05) is 60.7 Å². The Morgan fingerprint density at radius 2 is 1.45 bits per heavy atom. The number of Topliss-reactive ketones (excluding diaryl/α,β-unsaturated/α-hetero) is 1. The lowest BCUT2D eigenvalue weighted by atomic mass is 9.96. The Bertz CT molecular complexity index is 670. The van der Waals surface area contributed by atoms with Gasteiger partial charge in [-0.2, -0.15) is 0 Å². The summed E-state index contributed by atoms with van der Waals surface area (Å²) in [4.78, 5) is 24.3. The monoisotopic (exact) mass is 294 g/mol. The van der Waals surface area contributed by atoms with Crippen LogP contribution in [0.15, 0.2) is 66.7 Å². The predicted octanol–water partition coefficient (Wildman–Crippen LogP) is 3.90. The zero-order chi connectivity index (χ0) is 16.0. The molecule has 0 radical (unpaired) electrons. The van der Waals surface area contributed by atoms with Crippen LogP contribution in [0.4, 0.5) is 0 Å². The molecule has 0 aliphatic heterocycles. The van der Waals surface area contributed by atoms with Crippen LogP contribution in [-0.4, -0.2) is 17.4 Å².